The third-order valence-electron chi connectivity index (χ3n) is 8.35. The first kappa shape index (κ1) is 31.9. The van der Waals surface area contributed by atoms with Crippen molar-refractivity contribution in [3.63, 3.8) is 0 Å². The smallest absolute Gasteiger partial charge is 0.248 e. The van der Waals surface area contributed by atoms with Gasteiger partial charge in [-0.1, -0.05) is 29.8 Å². The van der Waals surface area contributed by atoms with Crippen molar-refractivity contribution in [1.29, 1.82) is 0 Å². The SMILES string of the molecule is CC(=O)N1CCC(C(=O)N(CCCN2CCC(Cc3ccc(C(N)=O)cc3)CC2)c2ccc(C)c(Cl)c2)CC1.Cl. The molecule has 2 aromatic carbocycles. The van der Waals surface area contributed by atoms with Gasteiger partial charge in [-0.25, -0.2) is 0 Å². The average molecular weight is 590 g/mol. The van der Waals surface area contributed by atoms with E-state index >= 15 is 0 Å². The van der Waals surface area contributed by atoms with Gasteiger partial charge in [0.15, 0.2) is 0 Å². The van der Waals surface area contributed by atoms with Crippen LogP contribution >= 0.6 is 24.0 Å². The first-order valence-corrected chi connectivity index (χ1v) is 14.5. The Bertz CT molecular complexity index is 1160. The van der Waals surface area contributed by atoms with Crippen molar-refractivity contribution in [2.75, 3.05) is 44.2 Å². The van der Waals surface area contributed by atoms with Crippen LogP contribution in [0.5, 0.6) is 0 Å². The number of primary amides is 1. The Hall–Kier alpha value is -2.61. The van der Waals surface area contributed by atoms with E-state index in [0.29, 0.717) is 49.0 Å². The molecule has 2 aromatic rings. The normalized spacial score (nSPS) is 16.8. The first-order valence-electron chi connectivity index (χ1n) is 14.2. The van der Waals surface area contributed by atoms with Gasteiger partial charge in [-0.15, -0.1) is 12.4 Å². The molecule has 2 aliphatic heterocycles. The van der Waals surface area contributed by atoms with Gasteiger partial charge in [0.2, 0.25) is 17.7 Å². The number of likely N-dealkylation sites (tertiary alicyclic amines) is 2. The summed E-state index contributed by atoms with van der Waals surface area (Å²) < 4.78 is 0. The molecule has 0 atom stereocenters. The molecule has 0 unspecified atom stereocenters. The molecule has 4 rings (SSSR count). The number of carbonyl (C=O) groups is 3. The van der Waals surface area contributed by atoms with Crippen molar-refractivity contribution in [3.05, 3.63) is 64.2 Å². The van der Waals surface area contributed by atoms with Gasteiger partial charge in [0.1, 0.15) is 0 Å². The molecule has 40 heavy (non-hydrogen) atoms. The van der Waals surface area contributed by atoms with Gasteiger partial charge in [-0.3, -0.25) is 14.4 Å². The maximum Gasteiger partial charge on any atom is 0.248 e. The summed E-state index contributed by atoms with van der Waals surface area (Å²) in [6.45, 7) is 8.54. The Morgan fingerprint density at radius 2 is 1.62 bits per heavy atom. The molecule has 9 heteroatoms. The monoisotopic (exact) mass is 588 g/mol. The summed E-state index contributed by atoms with van der Waals surface area (Å²) in [5, 5.41) is 0.669. The Morgan fingerprint density at radius 1 is 0.975 bits per heavy atom. The average Bonchev–Trinajstić information content (AvgIpc) is 2.93. The van der Waals surface area contributed by atoms with Crippen LogP contribution in [0.4, 0.5) is 5.69 Å². The van der Waals surface area contributed by atoms with Crippen LogP contribution in [-0.4, -0.2) is 66.8 Å². The largest absolute Gasteiger partial charge is 0.366 e. The van der Waals surface area contributed by atoms with Gasteiger partial charge in [0.25, 0.3) is 0 Å². The number of aryl methyl sites for hydroxylation is 1. The summed E-state index contributed by atoms with van der Waals surface area (Å²) in [7, 11) is 0. The van der Waals surface area contributed by atoms with E-state index in [9.17, 15) is 14.4 Å². The molecule has 0 spiro atoms. The van der Waals surface area contributed by atoms with E-state index in [4.69, 9.17) is 17.3 Å². The van der Waals surface area contributed by atoms with Crippen LogP contribution in [0.1, 0.15) is 60.5 Å². The lowest BCUT2D eigenvalue weighted by Gasteiger charge is -2.35. The highest BCUT2D eigenvalue weighted by Gasteiger charge is 2.30. The van der Waals surface area contributed by atoms with Gasteiger partial charge < -0.3 is 20.4 Å². The van der Waals surface area contributed by atoms with Gasteiger partial charge in [-0.2, -0.15) is 0 Å². The van der Waals surface area contributed by atoms with Crippen LogP contribution in [0.15, 0.2) is 42.5 Å². The number of carbonyl (C=O) groups excluding carboxylic acids is 3. The number of benzene rings is 2. The maximum atomic E-state index is 13.7. The molecule has 3 amide bonds. The highest BCUT2D eigenvalue weighted by molar-refractivity contribution is 6.31. The molecule has 2 fully saturated rings. The van der Waals surface area contributed by atoms with Crippen molar-refractivity contribution >= 4 is 47.4 Å². The minimum Gasteiger partial charge on any atom is -0.366 e. The number of piperidine rings is 2. The second-order valence-electron chi connectivity index (χ2n) is 11.1. The number of hydrogen-bond acceptors (Lipinski definition) is 4. The van der Waals surface area contributed by atoms with E-state index in [1.54, 1.807) is 6.92 Å². The highest BCUT2D eigenvalue weighted by Crippen LogP contribution is 2.28. The van der Waals surface area contributed by atoms with Crippen molar-refractivity contribution in [2.24, 2.45) is 17.6 Å². The standard InChI is InChI=1S/C31H41ClN4O3.ClH/c1-22-4-9-28(21-29(22)32)36(31(39)27-12-18-35(19-13-27)23(2)37)15-3-14-34-16-10-25(11-17-34)20-24-5-7-26(8-6-24)30(33)38;/h4-9,21,25,27H,3,10-20H2,1-2H3,(H2,33,38);1H. The van der Waals surface area contributed by atoms with Crippen molar-refractivity contribution in [3.8, 4) is 0 Å². The molecule has 0 saturated carbocycles. The molecule has 2 saturated heterocycles. The summed E-state index contributed by atoms with van der Waals surface area (Å²) in [6.07, 6.45) is 5.60. The Balaban J connectivity index is 0.00000441. The highest BCUT2D eigenvalue weighted by atomic mass is 35.5. The maximum absolute atomic E-state index is 13.7. The van der Waals surface area contributed by atoms with Crippen LogP contribution in [0.2, 0.25) is 5.02 Å². The van der Waals surface area contributed by atoms with E-state index < -0.39 is 0 Å². The van der Waals surface area contributed by atoms with E-state index in [1.165, 1.54) is 5.56 Å². The number of hydrogen-bond donors (Lipinski definition) is 1. The zero-order valence-electron chi connectivity index (χ0n) is 23.6. The summed E-state index contributed by atoms with van der Waals surface area (Å²) in [5.41, 5.74) is 9.00. The second kappa shape index (κ2) is 14.9. The molecule has 218 valence electrons. The minimum atomic E-state index is -0.390. The third kappa shape index (κ3) is 8.45. The molecule has 0 radical (unpaired) electrons. The lowest BCUT2D eigenvalue weighted by atomic mass is 9.90. The predicted molar refractivity (Wildman–Crippen MR) is 163 cm³/mol. The van der Waals surface area contributed by atoms with Crippen LogP contribution in [-0.2, 0) is 16.0 Å². The summed E-state index contributed by atoms with van der Waals surface area (Å²) in [5.74, 6) is 0.383. The van der Waals surface area contributed by atoms with E-state index in [1.807, 2.05) is 59.2 Å². The summed E-state index contributed by atoms with van der Waals surface area (Å²) >= 11 is 6.44. The number of anilines is 1. The zero-order valence-corrected chi connectivity index (χ0v) is 25.2. The van der Waals surface area contributed by atoms with E-state index in [2.05, 4.69) is 4.90 Å². The van der Waals surface area contributed by atoms with E-state index in [0.717, 1.165) is 56.6 Å². The molecule has 0 aromatic heterocycles. The van der Waals surface area contributed by atoms with Gasteiger partial charge in [0, 0.05) is 48.7 Å². The first-order chi connectivity index (χ1) is 18.7. The molecular formula is C31H42Cl2N4O3. The number of halogens is 2. The van der Waals surface area contributed by atoms with Crippen molar-refractivity contribution in [1.82, 2.24) is 9.80 Å². The third-order valence-corrected chi connectivity index (χ3v) is 8.76. The fourth-order valence-corrected chi connectivity index (χ4v) is 5.96. The number of amides is 3. The van der Waals surface area contributed by atoms with Crippen LogP contribution in [0.3, 0.4) is 0 Å². The fraction of sp³-hybridized carbons (Fsp3) is 0.516. The lowest BCUT2D eigenvalue weighted by molar-refractivity contribution is -0.133. The Kier molecular flexibility index (Phi) is 11.9. The number of nitrogens with two attached hydrogens (primary N) is 1. The van der Waals surface area contributed by atoms with Crippen LogP contribution in [0, 0.1) is 18.8 Å². The molecule has 2 aliphatic rings. The second-order valence-corrected chi connectivity index (χ2v) is 11.5. The quantitative estimate of drug-likeness (QED) is 0.441. The summed E-state index contributed by atoms with van der Waals surface area (Å²) in [4.78, 5) is 43.0. The lowest BCUT2D eigenvalue weighted by Crippen LogP contribution is -2.45. The molecular weight excluding hydrogens is 547 g/mol. The van der Waals surface area contributed by atoms with Gasteiger partial charge in [-0.05, 0) is 106 Å². The molecule has 0 aliphatic carbocycles. The molecule has 2 heterocycles. The molecule has 0 bridgehead atoms. The topological polar surface area (TPSA) is 87.0 Å². The van der Waals surface area contributed by atoms with Gasteiger partial charge >= 0.3 is 0 Å². The zero-order chi connectivity index (χ0) is 27.9. The number of rotatable bonds is 9. The van der Waals surface area contributed by atoms with Crippen LogP contribution in [0.25, 0.3) is 0 Å². The predicted octanol–water partition coefficient (Wildman–Crippen LogP) is 5.11. The Morgan fingerprint density at radius 3 is 2.20 bits per heavy atom. The van der Waals surface area contributed by atoms with Crippen molar-refractivity contribution < 1.29 is 14.4 Å². The van der Waals surface area contributed by atoms with Crippen LogP contribution < -0.4 is 10.6 Å². The molecule has 7 nitrogen and oxygen atoms in total. The summed E-state index contributed by atoms with van der Waals surface area (Å²) in [6, 6.07) is 13.5. The Labute approximate surface area is 249 Å². The van der Waals surface area contributed by atoms with Crippen molar-refractivity contribution in [2.45, 2.75) is 52.4 Å². The molecule has 2 N–H and O–H groups in total. The van der Waals surface area contributed by atoms with E-state index in [-0.39, 0.29) is 36.0 Å². The number of nitrogens with zero attached hydrogens (tertiary/aromatic N) is 3. The van der Waals surface area contributed by atoms with Gasteiger partial charge in [0.05, 0.1) is 0 Å². The fourth-order valence-electron chi connectivity index (χ4n) is 5.78. The minimum absolute atomic E-state index is 0.